The van der Waals surface area contributed by atoms with Gasteiger partial charge in [0.15, 0.2) is 0 Å². The van der Waals surface area contributed by atoms with Gasteiger partial charge < -0.3 is 10.6 Å². The Kier molecular flexibility index (Phi) is 0.362. The lowest BCUT2D eigenvalue weighted by Crippen LogP contribution is -2.53. The van der Waals surface area contributed by atoms with Gasteiger partial charge in [0.25, 0.3) is 0 Å². The first kappa shape index (κ1) is 1.80. The maximum atomic E-state index is 6.88. The summed E-state index contributed by atoms with van der Waals surface area (Å²) in [5.41, 5.74) is 5.37. The lowest BCUT2D eigenvalue weighted by molar-refractivity contribution is 0.192. The molecule has 1 saturated heterocycles. The number of likely N-dealkylation sites (tertiary alicyclic amines) is 1. The molecular formula is C4H10N2. The summed E-state index contributed by atoms with van der Waals surface area (Å²) < 4.78 is 20.6. The van der Waals surface area contributed by atoms with Gasteiger partial charge in [0.1, 0.15) is 0 Å². The maximum Gasteiger partial charge on any atom is 0.0394 e. The summed E-state index contributed by atoms with van der Waals surface area (Å²) >= 11 is 0. The summed E-state index contributed by atoms with van der Waals surface area (Å²) in [4.78, 5) is 1.39. The summed E-state index contributed by atoms with van der Waals surface area (Å²) in [7, 11) is 0. The number of hydrogen-bond acceptors (Lipinski definition) is 2. The third-order valence-corrected chi connectivity index (χ3v) is 0.910. The number of nitrogens with two attached hydrogens (primary N) is 1. The highest BCUT2D eigenvalue weighted by atomic mass is 15.2. The topological polar surface area (TPSA) is 29.3 Å². The molecule has 6 heavy (non-hydrogen) atoms. The first-order valence-electron chi connectivity index (χ1n) is 3.51. The molecule has 0 aromatic rings. The summed E-state index contributed by atoms with van der Waals surface area (Å²) in [6.45, 7) is -0.900. The predicted molar refractivity (Wildman–Crippen MR) is 25.5 cm³/mol. The molecule has 0 aromatic heterocycles. The van der Waals surface area contributed by atoms with E-state index in [4.69, 9.17) is 9.85 Å². The number of rotatable bonds is 0. The van der Waals surface area contributed by atoms with Crippen LogP contribution in [0.25, 0.3) is 0 Å². The van der Waals surface area contributed by atoms with Crippen molar-refractivity contribution in [1.82, 2.24) is 4.90 Å². The fourth-order valence-electron chi connectivity index (χ4n) is 0.513. The van der Waals surface area contributed by atoms with E-state index in [-0.39, 0.29) is 6.04 Å². The van der Waals surface area contributed by atoms with E-state index < -0.39 is 6.98 Å². The summed E-state index contributed by atoms with van der Waals surface area (Å²) in [6.07, 6.45) is 0. The van der Waals surface area contributed by atoms with Crippen molar-refractivity contribution in [1.29, 1.82) is 0 Å². The first-order chi connectivity index (χ1) is 4.00. The van der Waals surface area contributed by atoms with Crippen LogP contribution in [0.4, 0.5) is 0 Å². The van der Waals surface area contributed by atoms with Crippen molar-refractivity contribution in [3.05, 3.63) is 0 Å². The third kappa shape index (κ3) is 0.533. The van der Waals surface area contributed by atoms with Crippen LogP contribution in [0.2, 0.25) is 0 Å². The van der Waals surface area contributed by atoms with E-state index in [1.165, 1.54) is 4.90 Å². The summed E-state index contributed by atoms with van der Waals surface area (Å²) in [5.74, 6) is 0. The normalized spacial score (nSPS) is 36.5. The molecule has 0 radical (unpaired) electrons. The molecule has 1 aliphatic rings. The van der Waals surface area contributed by atoms with Crippen molar-refractivity contribution < 1.29 is 4.11 Å². The van der Waals surface area contributed by atoms with Crippen LogP contribution in [-0.4, -0.2) is 31.0 Å². The zero-order chi connectivity index (χ0) is 7.07. The van der Waals surface area contributed by atoms with E-state index in [1.54, 1.807) is 0 Å². The molecule has 0 unspecified atom stereocenters. The molecule has 36 valence electrons. The van der Waals surface area contributed by atoms with Crippen molar-refractivity contribution in [3.8, 4) is 0 Å². The van der Waals surface area contributed by atoms with Gasteiger partial charge in [0.2, 0.25) is 0 Å². The second kappa shape index (κ2) is 1.21. The molecule has 0 spiro atoms. The van der Waals surface area contributed by atoms with Gasteiger partial charge >= 0.3 is 0 Å². The second-order valence-electron chi connectivity index (χ2n) is 1.67. The van der Waals surface area contributed by atoms with Crippen molar-refractivity contribution in [2.75, 3.05) is 20.1 Å². The zero-order valence-corrected chi connectivity index (χ0v) is 3.52. The van der Waals surface area contributed by atoms with Crippen LogP contribution in [0.15, 0.2) is 0 Å². The van der Waals surface area contributed by atoms with Crippen LogP contribution in [0, 0.1) is 0 Å². The third-order valence-electron chi connectivity index (χ3n) is 0.910. The Morgan fingerprint density at radius 3 is 2.83 bits per heavy atom. The van der Waals surface area contributed by atoms with Crippen molar-refractivity contribution in [3.63, 3.8) is 0 Å². The van der Waals surface area contributed by atoms with E-state index in [0.29, 0.717) is 13.1 Å². The predicted octanol–water partition coefficient (Wildman–Crippen LogP) is -0.741. The average molecular weight is 89.2 g/mol. The van der Waals surface area contributed by atoms with Crippen molar-refractivity contribution in [2.24, 2.45) is 5.73 Å². The Hall–Kier alpha value is -0.0800. The van der Waals surface area contributed by atoms with Crippen LogP contribution in [0.1, 0.15) is 4.11 Å². The molecule has 1 heterocycles. The van der Waals surface area contributed by atoms with Gasteiger partial charge in [-0.2, -0.15) is 0 Å². The molecule has 1 rings (SSSR count). The number of hydrogen-bond donors (Lipinski definition) is 1. The summed E-state index contributed by atoms with van der Waals surface area (Å²) in [6, 6.07) is 0.0745. The monoisotopic (exact) mass is 89.1 g/mol. The van der Waals surface area contributed by atoms with Gasteiger partial charge in [-0.1, -0.05) is 0 Å². The summed E-state index contributed by atoms with van der Waals surface area (Å²) in [5, 5.41) is 0. The average Bonchev–Trinajstić information content (AvgIpc) is 1.55. The molecule has 0 saturated carbocycles. The van der Waals surface area contributed by atoms with E-state index >= 15 is 0 Å². The smallest absolute Gasteiger partial charge is 0.0394 e. The quantitative estimate of drug-likeness (QED) is 0.423. The molecule has 2 heteroatoms. The molecule has 0 aliphatic carbocycles. The SMILES string of the molecule is [2H]C([2H])([2H])N1CC(N)C1. The lowest BCUT2D eigenvalue weighted by atomic mass is 10.2. The molecule has 0 bridgehead atoms. The van der Waals surface area contributed by atoms with E-state index in [1.807, 2.05) is 0 Å². The zero-order valence-electron chi connectivity index (χ0n) is 6.52. The van der Waals surface area contributed by atoms with Crippen LogP contribution < -0.4 is 5.73 Å². The van der Waals surface area contributed by atoms with Crippen LogP contribution >= 0.6 is 0 Å². The number of likely N-dealkylation sites (N-methyl/N-ethyl adjacent to an activating group) is 1. The molecule has 1 fully saturated rings. The first-order valence-corrected chi connectivity index (χ1v) is 2.01. The van der Waals surface area contributed by atoms with E-state index in [9.17, 15) is 0 Å². The molecule has 0 aromatic carbocycles. The van der Waals surface area contributed by atoms with Crippen LogP contribution in [-0.2, 0) is 0 Å². The largest absolute Gasteiger partial charge is 0.325 e. The Bertz CT molecular complexity index is 105. The highest BCUT2D eigenvalue weighted by Gasteiger charge is 2.17. The number of nitrogens with zero attached hydrogens (tertiary/aromatic N) is 1. The minimum Gasteiger partial charge on any atom is -0.325 e. The highest BCUT2D eigenvalue weighted by molar-refractivity contribution is 4.78. The second-order valence-corrected chi connectivity index (χ2v) is 1.67. The van der Waals surface area contributed by atoms with Gasteiger partial charge in [-0.25, -0.2) is 0 Å². The molecule has 0 atom stereocenters. The fourth-order valence-corrected chi connectivity index (χ4v) is 0.513. The van der Waals surface area contributed by atoms with Crippen LogP contribution in [0.5, 0.6) is 0 Å². The Labute approximate surface area is 42.1 Å². The lowest BCUT2D eigenvalue weighted by Gasteiger charge is -2.32. The maximum absolute atomic E-state index is 6.88. The minimum atomic E-state index is -1.92. The minimum absolute atomic E-state index is 0.0745. The van der Waals surface area contributed by atoms with E-state index in [2.05, 4.69) is 0 Å². The molecule has 2 N–H and O–H groups in total. The molecule has 0 amide bonds. The van der Waals surface area contributed by atoms with Gasteiger partial charge in [-0.15, -0.1) is 0 Å². The molecular weight excluding hydrogens is 76.1 g/mol. The van der Waals surface area contributed by atoms with Crippen LogP contribution in [0.3, 0.4) is 0 Å². The molecule has 2 nitrogen and oxygen atoms in total. The Morgan fingerprint density at radius 2 is 2.67 bits per heavy atom. The van der Waals surface area contributed by atoms with Crippen molar-refractivity contribution >= 4 is 0 Å². The van der Waals surface area contributed by atoms with Gasteiger partial charge in [-0.3, -0.25) is 0 Å². The fraction of sp³-hybridized carbons (Fsp3) is 1.00. The van der Waals surface area contributed by atoms with Gasteiger partial charge in [0, 0.05) is 23.2 Å². The van der Waals surface area contributed by atoms with E-state index in [0.717, 1.165) is 0 Å². The molecule has 1 aliphatic heterocycles. The van der Waals surface area contributed by atoms with Gasteiger partial charge in [-0.05, 0) is 6.98 Å². The van der Waals surface area contributed by atoms with Gasteiger partial charge in [0.05, 0.1) is 0 Å². The Morgan fingerprint density at radius 1 is 2.00 bits per heavy atom. The highest BCUT2D eigenvalue weighted by Crippen LogP contribution is 1.98. The Balaban J connectivity index is 2.32. The standard InChI is InChI=1S/C4H10N2/c1-6-2-4(5)3-6/h4H,2-3,5H2,1H3/i1D3. The van der Waals surface area contributed by atoms with Crippen molar-refractivity contribution in [2.45, 2.75) is 6.04 Å².